The lowest BCUT2D eigenvalue weighted by molar-refractivity contribution is 0.250. The third-order valence-electron chi connectivity index (χ3n) is 3.13. The molecule has 0 saturated heterocycles. The van der Waals surface area contributed by atoms with Gasteiger partial charge in [-0.05, 0) is 38.4 Å². The Labute approximate surface area is 120 Å². The molecule has 104 valence electrons. The standard InChI is InChI=1S/C14H26N2S2/c1-5-12(11-17-4)16(3)10-14-8-7-13(18-14)9-15-6-2/h7-8,12,15H,5-6,9-11H2,1-4H3. The lowest BCUT2D eigenvalue weighted by Gasteiger charge is -2.25. The Morgan fingerprint density at radius 1 is 1.33 bits per heavy atom. The first-order chi connectivity index (χ1) is 8.71. The molecule has 0 amide bonds. The monoisotopic (exact) mass is 286 g/mol. The third-order valence-corrected chi connectivity index (χ3v) is 4.91. The highest BCUT2D eigenvalue weighted by atomic mass is 32.2. The van der Waals surface area contributed by atoms with Gasteiger partial charge in [0.15, 0.2) is 0 Å². The van der Waals surface area contributed by atoms with Gasteiger partial charge in [-0.3, -0.25) is 4.90 Å². The van der Waals surface area contributed by atoms with E-state index in [-0.39, 0.29) is 0 Å². The second-order valence-electron chi connectivity index (χ2n) is 4.58. The van der Waals surface area contributed by atoms with E-state index in [2.05, 4.69) is 49.5 Å². The van der Waals surface area contributed by atoms with Crippen LogP contribution in [0.3, 0.4) is 0 Å². The molecule has 0 aromatic carbocycles. The summed E-state index contributed by atoms with van der Waals surface area (Å²) in [6.45, 7) is 7.56. The van der Waals surface area contributed by atoms with Crippen molar-refractivity contribution >= 4 is 23.1 Å². The summed E-state index contributed by atoms with van der Waals surface area (Å²) in [4.78, 5) is 5.41. The quantitative estimate of drug-likeness (QED) is 0.749. The zero-order valence-corrected chi connectivity index (χ0v) is 13.7. The molecule has 1 N–H and O–H groups in total. The van der Waals surface area contributed by atoms with E-state index in [1.807, 2.05) is 23.1 Å². The fraction of sp³-hybridized carbons (Fsp3) is 0.714. The summed E-state index contributed by atoms with van der Waals surface area (Å²) < 4.78 is 0. The molecule has 0 spiro atoms. The van der Waals surface area contributed by atoms with Crippen molar-refractivity contribution in [2.45, 2.75) is 39.4 Å². The molecule has 1 atom stereocenters. The van der Waals surface area contributed by atoms with E-state index in [0.29, 0.717) is 6.04 Å². The van der Waals surface area contributed by atoms with Crippen molar-refractivity contribution in [2.24, 2.45) is 0 Å². The van der Waals surface area contributed by atoms with Gasteiger partial charge in [0.1, 0.15) is 0 Å². The number of thioether (sulfide) groups is 1. The van der Waals surface area contributed by atoms with E-state index in [1.165, 1.54) is 21.9 Å². The summed E-state index contributed by atoms with van der Waals surface area (Å²) in [7, 11) is 2.24. The normalized spacial score (nSPS) is 13.2. The molecule has 0 aliphatic rings. The first-order valence-corrected chi connectivity index (χ1v) is 8.89. The second kappa shape index (κ2) is 8.97. The van der Waals surface area contributed by atoms with Crippen molar-refractivity contribution in [3.8, 4) is 0 Å². The van der Waals surface area contributed by atoms with E-state index in [1.54, 1.807) is 0 Å². The number of rotatable bonds is 9. The molecule has 0 aliphatic heterocycles. The largest absolute Gasteiger partial charge is 0.312 e. The SMILES string of the molecule is CCNCc1ccc(CN(C)C(CC)CSC)s1. The second-order valence-corrected chi connectivity index (χ2v) is 6.74. The van der Waals surface area contributed by atoms with Gasteiger partial charge in [0.05, 0.1) is 0 Å². The summed E-state index contributed by atoms with van der Waals surface area (Å²) in [5.41, 5.74) is 0. The van der Waals surface area contributed by atoms with Crippen LogP contribution in [-0.2, 0) is 13.1 Å². The molecule has 1 heterocycles. The van der Waals surface area contributed by atoms with E-state index < -0.39 is 0 Å². The van der Waals surface area contributed by atoms with E-state index >= 15 is 0 Å². The molecule has 1 aromatic rings. The van der Waals surface area contributed by atoms with Crippen LogP contribution in [0, 0.1) is 0 Å². The van der Waals surface area contributed by atoms with Gasteiger partial charge in [0.2, 0.25) is 0 Å². The maximum atomic E-state index is 3.38. The molecule has 4 heteroatoms. The molecule has 0 radical (unpaired) electrons. The van der Waals surface area contributed by atoms with Crippen molar-refractivity contribution in [2.75, 3.05) is 25.6 Å². The summed E-state index contributed by atoms with van der Waals surface area (Å²) >= 11 is 3.88. The maximum absolute atomic E-state index is 3.38. The zero-order valence-electron chi connectivity index (χ0n) is 12.0. The van der Waals surface area contributed by atoms with E-state index in [0.717, 1.165) is 19.6 Å². The summed E-state index contributed by atoms with van der Waals surface area (Å²) in [5, 5.41) is 3.38. The Morgan fingerprint density at radius 3 is 2.67 bits per heavy atom. The first kappa shape index (κ1) is 16.0. The van der Waals surface area contributed by atoms with Crippen LogP contribution in [0.25, 0.3) is 0 Å². The van der Waals surface area contributed by atoms with Crippen LogP contribution in [0.4, 0.5) is 0 Å². The lowest BCUT2D eigenvalue weighted by Crippen LogP contribution is -2.32. The summed E-state index contributed by atoms with van der Waals surface area (Å²) in [5.74, 6) is 1.22. The average Bonchev–Trinajstić information content (AvgIpc) is 2.80. The minimum atomic E-state index is 0.694. The van der Waals surface area contributed by atoms with Crippen LogP contribution in [0.2, 0.25) is 0 Å². The molecule has 1 aromatic heterocycles. The zero-order chi connectivity index (χ0) is 13.4. The van der Waals surface area contributed by atoms with Gasteiger partial charge >= 0.3 is 0 Å². The Morgan fingerprint density at radius 2 is 2.06 bits per heavy atom. The smallest absolute Gasteiger partial charge is 0.0328 e. The highest BCUT2D eigenvalue weighted by Crippen LogP contribution is 2.20. The van der Waals surface area contributed by atoms with Gasteiger partial charge in [-0.2, -0.15) is 11.8 Å². The molecule has 0 aliphatic carbocycles. The van der Waals surface area contributed by atoms with Gasteiger partial charge in [0, 0.05) is 34.6 Å². The highest BCUT2D eigenvalue weighted by Gasteiger charge is 2.13. The Kier molecular flexibility index (Phi) is 7.98. The predicted molar refractivity (Wildman–Crippen MR) is 85.6 cm³/mol. The number of nitrogens with zero attached hydrogens (tertiary/aromatic N) is 1. The summed E-state index contributed by atoms with van der Waals surface area (Å²) in [6, 6.07) is 5.23. The van der Waals surface area contributed by atoms with Crippen LogP contribution in [0.1, 0.15) is 30.0 Å². The topological polar surface area (TPSA) is 15.3 Å². The molecule has 1 rings (SSSR count). The molecular weight excluding hydrogens is 260 g/mol. The van der Waals surface area contributed by atoms with Gasteiger partial charge in [-0.15, -0.1) is 11.3 Å². The predicted octanol–water partition coefficient (Wildman–Crippen LogP) is 3.43. The molecule has 1 unspecified atom stereocenters. The van der Waals surface area contributed by atoms with Gasteiger partial charge in [-0.25, -0.2) is 0 Å². The third kappa shape index (κ3) is 5.31. The number of nitrogens with one attached hydrogen (secondary N) is 1. The Bertz CT molecular complexity index is 325. The number of hydrogen-bond acceptors (Lipinski definition) is 4. The molecule has 18 heavy (non-hydrogen) atoms. The van der Waals surface area contributed by atoms with Crippen molar-refractivity contribution in [1.29, 1.82) is 0 Å². The van der Waals surface area contributed by atoms with Gasteiger partial charge < -0.3 is 5.32 Å². The van der Waals surface area contributed by atoms with E-state index in [9.17, 15) is 0 Å². The molecule has 0 bridgehead atoms. The average molecular weight is 287 g/mol. The van der Waals surface area contributed by atoms with Crippen LogP contribution in [-0.4, -0.2) is 36.5 Å². The minimum absolute atomic E-state index is 0.694. The molecule has 0 fully saturated rings. The fourth-order valence-electron chi connectivity index (χ4n) is 1.97. The van der Waals surface area contributed by atoms with Crippen LogP contribution in [0.5, 0.6) is 0 Å². The molecule has 0 saturated carbocycles. The maximum Gasteiger partial charge on any atom is 0.0328 e. The van der Waals surface area contributed by atoms with Gasteiger partial charge in [0.25, 0.3) is 0 Å². The highest BCUT2D eigenvalue weighted by molar-refractivity contribution is 7.98. The number of hydrogen-bond donors (Lipinski definition) is 1. The molecule has 2 nitrogen and oxygen atoms in total. The molecular formula is C14H26N2S2. The Hall–Kier alpha value is -0.0300. The summed E-state index contributed by atoms with van der Waals surface area (Å²) in [6.07, 6.45) is 3.42. The van der Waals surface area contributed by atoms with E-state index in [4.69, 9.17) is 0 Å². The lowest BCUT2D eigenvalue weighted by atomic mass is 10.2. The van der Waals surface area contributed by atoms with Crippen molar-refractivity contribution < 1.29 is 0 Å². The first-order valence-electron chi connectivity index (χ1n) is 6.68. The number of thiophene rings is 1. The fourth-order valence-corrected chi connectivity index (χ4v) is 3.90. The Balaban J connectivity index is 2.47. The van der Waals surface area contributed by atoms with Crippen molar-refractivity contribution in [3.05, 3.63) is 21.9 Å². The minimum Gasteiger partial charge on any atom is -0.312 e. The van der Waals surface area contributed by atoms with Crippen LogP contribution in [0.15, 0.2) is 12.1 Å². The van der Waals surface area contributed by atoms with Crippen LogP contribution < -0.4 is 5.32 Å². The van der Waals surface area contributed by atoms with Crippen LogP contribution >= 0.6 is 23.1 Å². The van der Waals surface area contributed by atoms with Crippen molar-refractivity contribution in [1.82, 2.24) is 10.2 Å². The van der Waals surface area contributed by atoms with Crippen molar-refractivity contribution in [3.63, 3.8) is 0 Å². The van der Waals surface area contributed by atoms with Gasteiger partial charge in [-0.1, -0.05) is 13.8 Å².